The highest BCUT2D eigenvalue weighted by atomic mass is 35.5. The van der Waals surface area contributed by atoms with E-state index in [1.165, 1.54) is 24.3 Å². The van der Waals surface area contributed by atoms with Crippen LogP contribution in [0.5, 0.6) is 0 Å². The topological polar surface area (TPSA) is 70.6 Å². The molecule has 0 aliphatic heterocycles. The van der Waals surface area contributed by atoms with E-state index in [9.17, 15) is 14.0 Å². The molecule has 0 saturated carbocycles. The first-order valence-electron chi connectivity index (χ1n) is 7.08. The van der Waals surface area contributed by atoms with Crippen LogP contribution < -0.4 is 10.7 Å². The summed E-state index contributed by atoms with van der Waals surface area (Å²) in [6.07, 6.45) is 0. The van der Waals surface area contributed by atoms with Gasteiger partial charge in [-0.3, -0.25) is 9.59 Å². The van der Waals surface area contributed by atoms with E-state index >= 15 is 0 Å². The molecule has 24 heavy (non-hydrogen) atoms. The van der Waals surface area contributed by atoms with E-state index in [1.54, 1.807) is 31.2 Å². The molecular formula is C17H15ClFN3O2. The van der Waals surface area contributed by atoms with Crippen LogP contribution in [0.3, 0.4) is 0 Å². The van der Waals surface area contributed by atoms with Crippen molar-refractivity contribution < 1.29 is 14.0 Å². The third-order valence-electron chi connectivity index (χ3n) is 3.13. The second-order valence-corrected chi connectivity index (χ2v) is 5.37. The molecule has 0 unspecified atom stereocenters. The van der Waals surface area contributed by atoms with Gasteiger partial charge in [-0.2, -0.15) is 5.10 Å². The Balaban J connectivity index is 1.84. The molecule has 2 amide bonds. The predicted octanol–water partition coefficient (Wildman–Crippen LogP) is 2.75. The Morgan fingerprint density at radius 1 is 1.04 bits per heavy atom. The van der Waals surface area contributed by atoms with Crippen LogP contribution >= 0.6 is 11.6 Å². The van der Waals surface area contributed by atoms with Crippen molar-refractivity contribution >= 4 is 29.1 Å². The first-order valence-corrected chi connectivity index (χ1v) is 7.46. The number of nitrogens with zero attached hydrogens (tertiary/aromatic N) is 1. The van der Waals surface area contributed by atoms with E-state index < -0.39 is 17.6 Å². The maximum atomic E-state index is 12.8. The highest BCUT2D eigenvalue weighted by Crippen LogP contribution is 2.10. The van der Waals surface area contributed by atoms with Crippen LogP contribution in [0.1, 0.15) is 22.8 Å². The third kappa shape index (κ3) is 5.17. The fraction of sp³-hybridized carbons (Fsp3) is 0.118. The number of hydrogen-bond donors (Lipinski definition) is 2. The molecule has 0 fully saturated rings. The Kier molecular flexibility index (Phi) is 6.03. The van der Waals surface area contributed by atoms with Crippen molar-refractivity contribution in [3.63, 3.8) is 0 Å². The van der Waals surface area contributed by atoms with Crippen molar-refractivity contribution in [1.29, 1.82) is 0 Å². The zero-order valence-electron chi connectivity index (χ0n) is 12.8. The summed E-state index contributed by atoms with van der Waals surface area (Å²) >= 11 is 5.80. The summed E-state index contributed by atoms with van der Waals surface area (Å²) in [5, 5.41) is 7.00. The van der Waals surface area contributed by atoms with Gasteiger partial charge in [0.05, 0.1) is 12.3 Å². The van der Waals surface area contributed by atoms with Gasteiger partial charge in [0.1, 0.15) is 5.82 Å². The fourth-order valence-electron chi connectivity index (χ4n) is 1.81. The molecule has 0 aromatic heterocycles. The minimum atomic E-state index is -0.473. The Bertz CT molecular complexity index is 758. The molecule has 5 nitrogen and oxygen atoms in total. The van der Waals surface area contributed by atoms with Crippen LogP contribution in [-0.2, 0) is 4.79 Å². The number of benzene rings is 2. The van der Waals surface area contributed by atoms with Crippen molar-refractivity contribution in [2.45, 2.75) is 6.92 Å². The van der Waals surface area contributed by atoms with Gasteiger partial charge in [-0.25, -0.2) is 9.82 Å². The molecule has 0 radical (unpaired) electrons. The SMILES string of the molecule is C/C(=N\NC(=O)CNC(=O)c1ccc(F)cc1)c1ccc(Cl)cc1. The predicted molar refractivity (Wildman–Crippen MR) is 90.5 cm³/mol. The van der Waals surface area contributed by atoms with Crippen molar-refractivity contribution in [2.75, 3.05) is 6.54 Å². The Hall–Kier alpha value is -2.73. The van der Waals surface area contributed by atoms with Gasteiger partial charge in [-0.1, -0.05) is 23.7 Å². The number of carbonyl (C=O) groups is 2. The number of halogens is 2. The highest BCUT2D eigenvalue weighted by Gasteiger charge is 2.08. The minimum Gasteiger partial charge on any atom is -0.343 e. The summed E-state index contributed by atoms with van der Waals surface area (Å²) in [6, 6.07) is 12.0. The molecule has 0 heterocycles. The van der Waals surface area contributed by atoms with E-state index in [1.807, 2.05) is 0 Å². The average Bonchev–Trinajstić information content (AvgIpc) is 2.58. The van der Waals surface area contributed by atoms with E-state index in [2.05, 4.69) is 15.8 Å². The van der Waals surface area contributed by atoms with Gasteiger partial charge >= 0.3 is 0 Å². The smallest absolute Gasteiger partial charge is 0.259 e. The number of amides is 2. The molecule has 0 spiro atoms. The first kappa shape index (κ1) is 17.6. The van der Waals surface area contributed by atoms with Crippen LogP contribution in [0.4, 0.5) is 4.39 Å². The van der Waals surface area contributed by atoms with Crippen LogP contribution in [0.15, 0.2) is 53.6 Å². The first-order chi connectivity index (χ1) is 11.5. The molecule has 2 N–H and O–H groups in total. The Morgan fingerprint density at radius 2 is 1.62 bits per heavy atom. The Morgan fingerprint density at radius 3 is 2.25 bits per heavy atom. The molecule has 0 aliphatic carbocycles. The number of carbonyl (C=O) groups excluding carboxylic acids is 2. The standard InChI is InChI=1S/C17H15ClFN3O2/c1-11(12-2-6-14(18)7-3-12)21-22-16(23)10-20-17(24)13-4-8-15(19)9-5-13/h2-9H,10H2,1H3,(H,20,24)(H,22,23)/b21-11+. The van der Waals surface area contributed by atoms with Gasteiger partial charge < -0.3 is 5.32 Å². The van der Waals surface area contributed by atoms with E-state index in [4.69, 9.17) is 11.6 Å². The molecule has 0 saturated heterocycles. The molecular weight excluding hydrogens is 333 g/mol. The zero-order chi connectivity index (χ0) is 17.5. The van der Waals surface area contributed by atoms with Crippen molar-refractivity contribution in [3.8, 4) is 0 Å². The third-order valence-corrected chi connectivity index (χ3v) is 3.38. The zero-order valence-corrected chi connectivity index (χ0v) is 13.6. The van der Waals surface area contributed by atoms with E-state index in [-0.39, 0.29) is 12.1 Å². The lowest BCUT2D eigenvalue weighted by Gasteiger charge is -2.05. The molecule has 0 atom stereocenters. The summed E-state index contributed by atoms with van der Waals surface area (Å²) in [6.45, 7) is 1.49. The highest BCUT2D eigenvalue weighted by molar-refractivity contribution is 6.30. The molecule has 0 bridgehead atoms. The fourth-order valence-corrected chi connectivity index (χ4v) is 1.93. The van der Waals surface area contributed by atoms with Crippen molar-refractivity contribution in [2.24, 2.45) is 5.10 Å². The second-order valence-electron chi connectivity index (χ2n) is 4.93. The molecule has 2 aromatic carbocycles. The van der Waals surface area contributed by atoms with Crippen molar-refractivity contribution in [1.82, 2.24) is 10.7 Å². The lowest BCUT2D eigenvalue weighted by molar-refractivity contribution is -0.120. The van der Waals surface area contributed by atoms with Gasteiger partial charge in [-0.05, 0) is 48.9 Å². The van der Waals surface area contributed by atoms with E-state index in [0.29, 0.717) is 10.7 Å². The average molecular weight is 348 g/mol. The van der Waals surface area contributed by atoms with Gasteiger partial charge in [0.25, 0.3) is 11.8 Å². The quantitative estimate of drug-likeness (QED) is 0.645. The summed E-state index contributed by atoms with van der Waals surface area (Å²) in [7, 11) is 0. The minimum absolute atomic E-state index is 0.242. The molecule has 7 heteroatoms. The largest absolute Gasteiger partial charge is 0.343 e. The molecule has 124 valence electrons. The lowest BCUT2D eigenvalue weighted by atomic mass is 10.1. The maximum Gasteiger partial charge on any atom is 0.259 e. The second kappa shape index (κ2) is 8.21. The number of hydrazone groups is 1. The number of nitrogens with one attached hydrogen (secondary N) is 2. The van der Waals surface area contributed by atoms with Gasteiger partial charge in [0, 0.05) is 10.6 Å². The summed E-state index contributed by atoms with van der Waals surface area (Å²) in [5.41, 5.74) is 4.04. The van der Waals surface area contributed by atoms with Crippen molar-refractivity contribution in [3.05, 3.63) is 70.5 Å². The normalized spacial score (nSPS) is 11.0. The molecule has 2 rings (SSSR count). The number of rotatable bonds is 5. The lowest BCUT2D eigenvalue weighted by Crippen LogP contribution is -2.35. The molecule has 0 aliphatic rings. The van der Waals surface area contributed by atoms with E-state index in [0.717, 1.165) is 5.56 Å². The van der Waals surface area contributed by atoms with Crippen LogP contribution in [0, 0.1) is 5.82 Å². The monoisotopic (exact) mass is 347 g/mol. The summed E-state index contributed by atoms with van der Waals surface area (Å²) in [5.74, 6) is -1.38. The number of hydrogen-bond acceptors (Lipinski definition) is 3. The van der Waals surface area contributed by atoms with Gasteiger partial charge in [-0.15, -0.1) is 0 Å². The van der Waals surface area contributed by atoms with Crippen LogP contribution in [-0.4, -0.2) is 24.1 Å². The van der Waals surface area contributed by atoms with Crippen LogP contribution in [0.25, 0.3) is 0 Å². The van der Waals surface area contributed by atoms with Crippen LogP contribution in [0.2, 0.25) is 5.02 Å². The van der Waals surface area contributed by atoms with Gasteiger partial charge in [0.15, 0.2) is 0 Å². The summed E-state index contributed by atoms with van der Waals surface area (Å²) < 4.78 is 12.8. The maximum absolute atomic E-state index is 12.8. The molecule has 2 aromatic rings. The Labute approximate surface area is 143 Å². The van der Waals surface area contributed by atoms with Gasteiger partial charge in [0.2, 0.25) is 0 Å². The summed E-state index contributed by atoms with van der Waals surface area (Å²) in [4.78, 5) is 23.5.